The molecule has 5 nitrogen and oxygen atoms in total. The maximum Gasteiger partial charge on any atom is 0.254 e. The molecule has 1 saturated heterocycles. The summed E-state index contributed by atoms with van der Waals surface area (Å²) in [5.74, 6) is 1.05. The van der Waals surface area contributed by atoms with Gasteiger partial charge in [-0.2, -0.15) is 0 Å². The van der Waals surface area contributed by atoms with Crippen molar-refractivity contribution >= 4 is 5.57 Å². The van der Waals surface area contributed by atoms with E-state index >= 15 is 0 Å². The van der Waals surface area contributed by atoms with Gasteiger partial charge in [0.2, 0.25) is 0 Å². The number of nitrogens with zero attached hydrogens (tertiary/aromatic N) is 2. The molecular formula is C17H25N3O2. The zero-order chi connectivity index (χ0) is 15.7. The summed E-state index contributed by atoms with van der Waals surface area (Å²) in [6.45, 7) is 6.88. The van der Waals surface area contributed by atoms with Crippen molar-refractivity contribution in [1.29, 1.82) is 0 Å². The number of aliphatic hydroxyl groups excluding tert-OH is 1. The summed E-state index contributed by atoms with van der Waals surface area (Å²) in [6, 6.07) is 0. The number of allylic oxidation sites excluding steroid dienone is 1. The molecule has 2 heterocycles. The van der Waals surface area contributed by atoms with Crippen LogP contribution in [0.3, 0.4) is 0 Å². The van der Waals surface area contributed by atoms with E-state index in [4.69, 9.17) is 0 Å². The minimum absolute atomic E-state index is 0.0347. The second-order valence-electron chi connectivity index (χ2n) is 6.99. The van der Waals surface area contributed by atoms with Gasteiger partial charge < -0.3 is 10.1 Å². The maximum atomic E-state index is 11.8. The number of rotatable bonds is 5. The highest BCUT2D eigenvalue weighted by Crippen LogP contribution is 2.28. The standard InChI is InChI=1S/C17H25N3O2/c1-11(2)3-4-12-7-20(9-15(12)21)8-13-5-6-14-16(13)18-10-19-17(14)22/h5,10-12,15,21H,3-4,6-9H2,1-2H3,(H,18,19,22)/t12-,15-/m0/s1. The average Bonchev–Trinajstić information content (AvgIpc) is 3.02. The molecule has 2 N–H and O–H groups in total. The predicted molar refractivity (Wildman–Crippen MR) is 86.5 cm³/mol. The van der Waals surface area contributed by atoms with E-state index in [1.807, 2.05) is 0 Å². The molecule has 0 bridgehead atoms. The van der Waals surface area contributed by atoms with Crippen LogP contribution in [0.2, 0.25) is 0 Å². The van der Waals surface area contributed by atoms with Crippen LogP contribution >= 0.6 is 0 Å². The van der Waals surface area contributed by atoms with Crippen LogP contribution in [0.25, 0.3) is 5.57 Å². The molecule has 1 aliphatic heterocycles. The summed E-state index contributed by atoms with van der Waals surface area (Å²) in [4.78, 5) is 21.0. The van der Waals surface area contributed by atoms with Crippen LogP contribution in [0.5, 0.6) is 0 Å². The molecule has 0 spiro atoms. The Morgan fingerprint density at radius 3 is 3.05 bits per heavy atom. The fourth-order valence-electron chi connectivity index (χ4n) is 3.50. The van der Waals surface area contributed by atoms with Gasteiger partial charge in [0, 0.05) is 25.2 Å². The van der Waals surface area contributed by atoms with Crippen molar-refractivity contribution in [3.05, 3.63) is 34.0 Å². The van der Waals surface area contributed by atoms with Crippen molar-refractivity contribution in [3.8, 4) is 0 Å². The fraction of sp³-hybridized carbons (Fsp3) is 0.647. The lowest BCUT2D eigenvalue weighted by molar-refractivity contribution is 0.135. The van der Waals surface area contributed by atoms with Gasteiger partial charge in [-0.25, -0.2) is 4.98 Å². The molecule has 1 aliphatic carbocycles. The van der Waals surface area contributed by atoms with Crippen LogP contribution in [0.15, 0.2) is 17.2 Å². The number of hydrogen-bond donors (Lipinski definition) is 2. The van der Waals surface area contributed by atoms with E-state index in [2.05, 4.69) is 34.8 Å². The van der Waals surface area contributed by atoms with Crippen LogP contribution in [0.1, 0.15) is 37.9 Å². The third-order valence-electron chi connectivity index (χ3n) is 4.80. The lowest BCUT2D eigenvalue weighted by Gasteiger charge is -2.17. The first-order valence-corrected chi connectivity index (χ1v) is 8.21. The zero-order valence-electron chi connectivity index (χ0n) is 13.4. The van der Waals surface area contributed by atoms with E-state index in [0.29, 0.717) is 18.3 Å². The summed E-state index contributed by atoms with van der Waals surface area (Å²) < 4.78 is 0. The van der Waals surface area contributed by atoms with Gasteiger partial charge in [-0.05, 0) is 30.3 Å². The van der Waals surface area contributed by atoms with Crippen molar-refractivity contribution < 1.29 is 5.11 Å². The molecule has 1 aromatic rings. The molecule has 1 fully saturated rings. The lowest BCUT2D eigenvalue weighted by atomic mass is 9.95. The Morgan fingerprint density at radius 1 is 1.45 bits per heavy atom. The van der Waals surface area contributed by atoms with Gasteiger partial charge in [-0.3, -0.25) is 9.69 Å². The number of hydrogen-bond acceptors (Lipinski definition) is 4. The molecule has 0 radical (unpaired) electrons. The molecule has 0 unspecified atom stereocenters. The lowest BCUT2D eigenvalue weighted by Crippen LogP contribution is -2.24. The molecule has 5 heteroatoms. The second-order valence-corrected chi connectivity index (χ2v) is 6.99. The Bertz CT molecular complexity index is 621. The number of aliphatic hydroxyl groups is 1. The van der Waals surface area contributed by atoms with Crippen molar-refractivity contribution in [2.24, 2.45) is 11.8 Å². The number of fused-ring (bicyclic) bond motifs is 1. The smallest absolute Gasteiger partial charge is 0.254 e. The second kappa shape index (κ2) is 6.34. The number of aromatic nitrogens is 2. The maximum absolute atomic E-state index is 11.8. The fourth-order valence-corrected chi connectivity index (χ4v) is 3.50. The molecule has 1 aromatic heterocycles. The van der Waals surface area contributed by atoms with Crippen LogP contribution in [-0.4, -0.2) is 45.7 Å². The van der Waals surface area contributed by atoms with Crippen LogP contribution in [0.4, 0.5) is 0 Å². The van der Waals surface area contributed by atoms with Crippen molar-refractivity contribution in [1.82, 2.24) is 14.9 Å². The van der Waals surface area contributed by atoms with Gasteiger partial charge in [0.05, 0.1) is 18.1 Å². The molecule has 0 aromatic carbocycles. The summed E-state index contributed by atoms with van der Waals surface area (Å²) >= 11 is 0. The highest BCUT2D eigenvalue weighted by Gasteiger charge is 2.32. The Kier molecular flexibility index (Phi) is 4.45. The summed E-state index contributed by atoms with van der Waals surface area (Å²) in [5, 5.41) is 10.3. The quantitative estimate of drug-likeness (QED) is 0.863. The normalized spacial score (nSPS) is 24.8. The van der Waals surface area contributed by atoms with Crippen molar-refractivity contribution in [3.63, 3.8) is 0 Å². The molecule has 3 rings (SSSR count). The van der Waals surface area contributed by atoms with Gasteiger partial charge >= 0.3 is 0 Å². The van der Waals surface area contributed by atoms with E-state index in [-0.39, 0.29) is 11.7 Å². The van der Waals surface area contributed by atoms with Gasteiger partial charge in [0.1, 0.15) is 0 Å². The van der Waals surface area contributed by atoms with E-state index in [9.17, 15) is 9.90 Å². The van der Waals surface area contributed by atoms with Gasteiger partial charge in [-0.1, -0.05) is 26.3 Å². The number of β-amino-alcohol motifs (C(OH)–C–C–N with tert-alkyl or cyclic N) is 1. The van der Waals surface area contributed by atoms with Crippen LogP contribution in [0, 0.1) is 11.8 Å². The van der Waals surface area contributed by atoms with E-state index in [1.165, 1.54) is 6.33 Å². The molecule has 2 aliphatic rings. The number of aromatic amines is 1. The highest BCUT2D eigenvalue weighted by molar-refractivity contribution is 5.70. The van der Waals surface area contributed by atoms with Gasteiger partial charge in [-0.15, -0.1) is 0 Å². The average molecular weight is 303 g/mol. The monoisotopic (exact) mass is 303 g/mol. The van der Waals surface area contributed by atoms with Gasteiger partial charge in [0.25, 0.3) is 5.56 Å². The number of nitrogens with one attached hydrogen (secondary N) is 1. The van der Waals surface area contributed by atoms with Gasteiger partial charge in [0.15, 0.2) is 0 Å². The molecule has 120 valence electrons. The van der Waals surface area contributed by atoms with E-state index in [0.717, 1.165) is 49.3 Å². The molecule has 22 heavy (non-hydrogen) atoms. The van der Waals surface area contributed by atoms with Crippen LogP contribution < -0.4 is 5.56 Å². The third-order valence-corrected chi connectivity index (χ3v) is 4.80. The van der Waals surface area contributed by atoms with Crippen LogP contribution in [-0.2, 0) is 6.42 Å². The highest BCUT2D eigenvalue weighted by atomic mass is 16.3. The van der Waals surface area contributed by atoms with E-state index < -0.39 is 0 Å². The molecule has 0 amide bonds. The molecule has 2 atom stereocenters. The van der Waals surface area contributed by atoms with Crippen molar-refractivity contribution in [2.75, 3.05) is 19.6 Å². The summed E-state index contributed by atoms with van der Waals surface area (Å²) in [5.41, 5.74) is 2.70. The summed E-state index contributed by atoms with van der Waals surface area (Å²) in [7, 11) is 0. The number of likely N-dealkylation sites (tertiary alicyclic amines) is 1. The third kappa shape index (κ3) is 3.15. The van der Waals surface area contributed by atoms with E-state index in [1.54, 1.807) is 0 Å². The number of H-pyrrole nitrogens is 1. The minimum Gasteiger partial charge on any atom is -0.391 e. The topological polar surface area (TPSA) is 69.2 Å². The molecule has 0 saturated carbocycles. The largest absolute Gasteiger partial charge is 0.391 e. The first-order chi connectivity index (χ1) is 10.5. The molecular weight excluding hydrogens is 278 g/mol. The Morgan fingerprint density at radius 2 is 2.27 bits per heavy atom. The first kappa shape index (κ1) is 15.4. The SMILES string of the molecule is CC(C)CC[C@H]1CN(CC2=CCc3c2nc[nH]c3=O)C[C@@H]1O. The summed E-state index contributed by atoms with van der Waals surface area (Å²) in [6.07, 6.45) is 6.26. The Balaban J connectivity index is 1.62. The van der Waals surface area contributed by atoms with Crippen molar-refractivity contribution in [2.45, 2.75) is 39.2 Å². The first-order valence-electron chi connectivity index (χ1n) is 8.21. The minimum atomic E-state index is -0.229. The Labute approximate surface area is 131 Å². The Hall–Kier alpha value is -1.46. The zero-order valence-corrected chi connectivity index (χ0v) is 13.4. The predicted octanol–water partition coefficient (Wildman–Crippen LogP) is 1.44.